The largest absolute Gasteiger partial charge is 0.336 e. The van der Waals surface area contributed by atoms with Gasteiger partial charge in [-0.15, -0.1) is 0 Å². The number of hydrogen-bond acceptors (Lipinski definition) is 3. The molecule has 0 radical (unpaired) electrons. The summed E-state index contributed by atoms with van der Waals surface area (Å²) in [4.78, 5) is 14.0. The van der Waals surface area contributed by atoms with Gasteiger partial charge in [0.05, 0.1) is 6.04 Å². The fourth-order valence-electron chi connectivity index (χ4n) is 2.08. The molecule has 3 nitrogen and oxygen atoms in total. The zero-order chi connectivity index (χ0) is 11.5. The summed E-state index contributed by atoms with van der Waals surface area (Å²) in [5, 5.41) is 0. The van der Waals surface area contributed by atoms with Crippen LogP contribution in [-0.2, 0) is 4.79 Å². The quantitative estimate of drug-likeness (QED) is 0.795. The SMILES string of the molecule is CSCC[C@@H](N)C(=O)N1CCCC1(C)C. The molecule has 1 amide bonds. The summed E-state index contributed by atoms with van der Waals surface area (Å²) in [6.45, 7) is 5.12. The van der Waals surface area contributed by atoms with Crippen LogP contribution in [-0.4, -0.2) is 40.9 Å². The molecular weight excluding hydrogens is 208 g/mol. The van der Waals surface area contributed by atoms with E-state index in [1.54, 1.807) is 11.8 Å². The summed E-state index contributed by atoms with van der Waals surface area (Å²) in [6.07, 6.45) is 5.02. The Kier molecular flexibility index (Phi) is 4.46. The predicted molar refractivity (Wildman–Crippen MR) is 66.0 cm³/mol. The fraction of sp³-hybridized carbons (Fsp3) is 0.909. The normalized spacial score (nSPS) is 21.7. The van der Waals surface area contributed by atoms with E-state index in [-0.39, 0.29) is 17.5 Å². The summed E-state index contributed by atoms with van der Waals surface area (Å²) in [5.74, 6) is 1.09. The van der Waals surface area contributed by atoms with Gasteiger partial charge in [0.1, 0.15) is 0 Å². The third kappa shape index (κ3) is 3.11. The molecule has 88 valence electrons. The number of likely N-dealkylation sites (tertiary alicyclic amines) is 1. The minimum absolute atomic E-state index is 0.00800. The monoisotopic (exact) mass is 230 g/mol. The molecule has 1 fully saturated rings. The predicted octanol–water partition coefficient (Wildman–Crippen LogP) is 1.47. The van der Waals surface area contributed by atoms with Crippen molar-refractivity contribution in [1.82, 2.24) is 4.90 Å². The van der Waals surface area contributed by atoms with Crippen LogP contribution in [0.4, 0.5) is 0 Å². The first-order chi connectivity index (χ1) is 6.99. The lowest BCUT2D eigenvalue weighted by Gasteiger charge is -2.33. The fourth-order valence-corrected chi connectivity index (χ4v) is 2.57. The molecule has 2 N–H and O–H groups in total. The lowest BCUT2D eigenvalue weighted by atomic mass is 10.0. The summed E-state index contributed by atoms with van der Waals surface area (Å²) < 4.78 is 0. The number of nitrogens with zero attached hydrogens (tertiary/aromatic N) is 1. The van der Waals surface area contributed by atoms with Crippen molar-refractivity contribution in [2.45, 2.75) is 44.7 Å². The van der Waals surface area contributed by atoms with Crippen molar-refractivity contribution in [2.75, 3.05) is 18.6 Å². The first-order valence-electron chi connectivity index (χ1n) is 5.55. The Morgan fingerprint density at radius 3 is 2.73 bits per heavy atom. The Bertz CT molecular complexity index is 231. The molecule has 1 aliphatic rings. The van der Waals surface area contributed by atoms with Crippen molar-refractivity contribution in [3.63, 3.8) is 0 Å². The Morgan fingerprint density at radius 1 is 1.60 bits per heavy atom. The maximum absolute atomic E-state index is 12.1. The van der Waals surface area contributed by atoms with Gasteiger partial charge in [-0.05, 0) is 45.1 Å². The van der Waals surface area contributed by atoms with Crippen LogP contribution in [0.5, 0.6) is 0 Å². The second kappa shape index (κ2) is 5.21. The summed E-state index contributed by atoms with van der Waals surface area (Å²) in [6, 6.07) is -0.310. The molecule has 0 aromatic carbocycles. The average molecular weight is 230 g/mol. The summed E-state index contributed by atoms with van der Waals surface area (Å²) >= 11 is 1.74. The summed E-state index contributed by atoms with van der Waals surface area (Å²) in [5.41, 5.74) is 5.91. The van der Waals surface area contributed by atoms with Crippen LogP contribution in [0, 0.1) is 0 Å². The van der Waals surface area contributed by atoms with Crippen molar-refractivity contribution < 1.29 is 4.79 Å². The Morgan fingerprint density at radius 2 is 2.27 bits per heavy atom. The molecule has 0 aromatic heterocycles. The molecule has 0 spiro atoms. The first kappa shape index (κ1) is 12.8. The third-order valence-corrected chi connectivity index (χ3v) is 3.76. The molecule has 1 heterocycles. The van der Waals surface area contributed by atoms with E-state index in [4.69, 9.17) is 5.73 Å². The Labute approximate surface area is 96.8 Å². The van der Waals surface area contributed by atoms with Gasteiger partial charge in [-0.3, -0.25) is 4.79 Å². The van der Waals surface area contributed by atoms with Crippen LogP contribution in [0.2, 0.25) is 0 Å². The minimum Gasteiger partial charge on any atom is -0.336 e. The first-order valence-corrected chi connectivity index (χ1v) is 6.94. The van der Waals surface area contributed by atoms with Gasteiger partial charge in [-0.25, -0.2) is 0 Å². The van der Waals surface area contributed by atoms with Crippen molar-refractivity contribution in [1.29, 1.82) is 0 Å². The van der Waals surface area contributed by atoms with E-state index in [1.807, 2.05) is 11.2 Å². The van der Waals surface area contributed by atoms with Gasteiger partial charge in [-0.1, -0.05) is 0 Å². The number of rotatable bonds is 4. The van der Waals surface area contributed by atoms with Crippen molar-refractivity contribution in [3.8, 4) is 0 Å². The van der Waals surface area contributed by atoms with Gasteiger partial charge in [0, 0.05) is 12.1 Å². The highest BCUT2D eigenvalue weighted by molar-refractivity contribution is 7.98. The van der Waals surface area contributed by atoms with E-state index < -0.39 is 0 Å². The van der Waals surface area contributed by atoms with Crippen LogP contribution in [0.3, 0.4) is 0 Å². The number of amides is 1. The molecule has 4 heteroatoms. The molecule has 0 aliphatic carbocycles. The van der Waals surface area contributed by atoms with Gasteiger partial charge >= 0.3 is 0 Å². The smallest absolute Gasteiger partial charge is 0.239 e. The number of thioether (sulfide) groups is 1. The number of hydrogen-bond donors (Lipinski definition) is 1. The molecule has 0 aromatic rings. The van der Waals surface area contributed by atoms with Crippen molar-refractivity contribution in [2.24, 2.45) is 5.73 Å². The van der Waals surface area contributed by atoms with Crippen molar-refractivity contribution >= 4 is 17.7 Å². The lowest BCUT2D eigenvalue weighted by molar-refractivity contribution is -0.135. The van der Waals surface area contributed by atoms with Gasteiger partial charge < -0.3 is 10.6 Å². The van der Waals surface area contributed by atoms with Gasteiger partial charge in [0.15, 0.2) is 0 Å². The maximum atomic E-state index is 12.1. The zero-order valence-corrected chi connectivity index (χ0v) is 10.8. The van der Waals surface area contributed by atoms with Crippen LogP contribution in [0.15, 0.2) is 0 Å². The number of carbonyl (C=O) groups excluding carboxylic acids is 1. The highest BCUT2D eigenvalue weighted by Crippen LogP contribution is 2.28. The summed E-state index contributed by atoms with van der Waals surface area (Å²) in [7, 11) is 0. The molecule has 1 rings (SSSR count). The average Bonchev–Trinajstić information content (AvgIpc) is 2.53. The zero-order valence-electron chi connectivity index (χ0n) is 9.95. The van der Waals surface area contributed by atoms with E-state index in [1.165, 1.54) is 0 Å². The standard InChI is InChI=1S/C11H22N2OS/c1-11(2)6-4-7-13(11)10(14)9(12)5-8-15-3/h9H,4-8,12H2,1-3H3/t9-/m1/s1. The van der Waals surface area contributed by atoms with E-state index in [0.29, 0.717) is 0 Å². The minimum atomic E-state index is -0.310. The van der Waals surface area contributed by atoms with E-state index in [9.17, 15) is 4.79 Å². The van der Waals surface area contributed by atoms with Gasteiger partial charge in [0.25, 0.3) is 0 Å². The molecule has 1 saturated heterocycles. The molecule has 1 atom stereocenters. The highest BCUT2D eigenvalue weighted by Gasteiger charge is 2.36. The molecule has 1 aliphatic heterocycles. The van der Waals surface area contributed by atoms with E-state index >= 15 is 0 Å². The Balaban J connectivity index is 2.52. The Hall–Kier alpha value is -0.220. The molecule has 0 bridgehead atoms. The van der Waals surface area contributed by atoms with Gasteiger partial charge in [0.2, 0.25) is 5.91 Å². The van der Waals surface area contributed by atoms with E-state index in [0.717, 1.165) is 31.6 Å². The van der Waals surface area contributed by atoms with Crippen LogP contribution in [0.25, 0.3) is 0 Å². The lowest BCUT2D eigenvalue weighted by Crippen LogP contribution is -2.50. The number of nitrogens with two attached hydrogens (primary N) is 1. The van der Waals surface area contributed by atoms with E-state index in [2.05, 4.69) is 13.8 Å². The van der Waals surface area contributed by atoms with Crippen LogP contribution >= 0.6 is 11.8 Å². The van der Waals surface area contributed by atoms with Crippen LogP contribution in [0.1, 0.15) is 33.1 Å². The highest BCUT2D eigenvalue weighted by atomic mass is 32.2. The van der Waals surface area contributed by atoms with Crippen LogP contribution < -0.4 is 5.73 Å². The second-order valence-corrected chi connectivity index (χ2v) is 5.78. The second-order valence-electron chi connectivity index (χ2n) is 4.79. The van der Waals surface area contributed by atoms with Crippen molar-refractivity contribution in [3.05, 3.63) is 0 Å². The molecule has 0 unspecified atom stereocenters. The third-order valence-electron chi connectivity index (χ3n) is 3.12. The topological polar surface area (TPSA) is 46.3 Å². The molecular formula is C11H22N2OS. The number of carbonyl (C=O) groups is 1. The maximum Gasteiger partial charge on any atom is 0.239 e. The molecule has 0 saturated carbocycles. The molecule has 15 heavy (non-hydrogen) atoms. The van der Waals surface area contributed by atoms with Gasteiger partial charge in [-0.2, -0.15) is 11.8 Å².